The van der Waals surface area contributed by atoms with Crippen LogP contribution in [0, 0.1) is 0 Å². The molecule has 5 nitrogen and oxygen atoms in total. The molecule has 0 aliphatic heterocycles. The number of carbonyl (C=O) groups is 2. The van der Waals surface area contributed by atoms with Crippen LogP contribution >= 0.6 is 0 Å². The fourth-order valence-corrected chi connectivity index (χ4v) is 2.23. The van der Waals surface area contributed by atoms with E-state index >= 15 is 0 Å². The molecule has 2 rings (SSSR count). The first-order chi connectivity index (χ1) is 10.7. The van der Waals surface area contributed by atoms with Gasteiger partial charge in [-0.2, -0.15) is 0 Å². The Morgan fingerprint density at radius 3 is 2.18 bits per heavy atom. The largest absolute Gasteiger partial charge is 0.493 e. The molecule has 0 heterocycles. The summed E-state index contributed by atoms with van der Waals surface area (Å²) in [5, 5.41) is 0. The predicted octanol–water partition coefficient (Wildman–Crippen LogP) is 2.97. The summed E-state index contributed by atoms with van der Waals surface area (Å²) in [5.74, 6) is 0.453. The van der Waals surface area contributed by atoms with E-state index in [0.717, 1.165) is 0 Å². The summed E-state index contributed by atoms with van der Waals surface area (Å²) in [5.41, 5.74) is 1.94. The van der Waals surface area contributed by atoms with Crippen LogP contribution in [0.25, 0.3) is 11.1 Å². The van der Waals surface area contributed by atoms with Crippen molar-refractivity contribution in [2.75, 3.05) is 21.3 Å². The molecule has 2 aromatic carbocycles. The number of rotatable bonds is 5. The first kappa shape index (κ1) is 15.6. The number of benzene rings is 2. The van der Waals surface area contributed by atoms with E-state index in [1.165, 1.54) is 21.3 Å². The minimum atomic E-state index is -0.470. The quantitative estimate of drug-likeness (QED) is 0.627. The maximum absolute atomic E-state index is 11.9. The normalized spacial score (nSPS) is 9.95. The first-order valence-electron chi connectivity index (χ1n) is 6.55. The molecule has 0 unspecified atom stereocenters. The number of ether oxygens (including phenoxy) is 3. The van der Waals surface area contributed by atoms with Crippen molar-refractivity contribution in [2.45, 2.75) is 0 Å². The molecule has 0 amide bonds. The second-order valence-electron chi connectivity index (χ2n) is 4.45. The number of aldehydes is 1. The zero-order chi connectivity index (χ0) is 16.1. The molecule has 114 valence electrons. The van der Waals surface area contributed by atoms with Crippen molar-refractivity contribution in [2.24, 2.45) is 0 Å². The topological polar surface area (TPSA) is 61.8 Å². The van der Waals surface area contributed by atoms with Crippen LogP contribution in [-0.4, -0.2) is 33.6 Å². The molecule has 22 heavy (non-hydrogen) atoms. The molecule has 0 atom stereocenters. The number of hydrogen-bond donors (Lipinski definition) is 0. The van der Waals surface area contributed by atoms with E-state index in [2.05, 4.69) is 0 Å². The predicted molar refractivity (Wildman–Crippen MR) is 81.7 cm³/mol. The fraction of sp³-hybridized carbons (Fsp3) is 0.176. The number of esters is 1. The highest BCUT2D eigenvalue weighted by Crippen LogP contribution is 2.36. The van der Waals surface area contributed by atoms with Gasteiger partial charge in [0.1, 0.15) is 0 Å². The van der Waals surface area contributed by atoms with Gasteiger partial charge in [-0.15, -0.1) is 0 Å². The molecular weight excluding hydrogens is 284 g/mol. The molecule has 0 fully saturated rings. The van der Waals surface area contributed by atoms with Gasteiger partial charge in [0.15, 0.2) is 17.8 Å². The average molecular weight is 300 g/mol. The third-order valence-electron chi connectivity index (χ3n) is 3.31. The van der Waals surface area contributed by atoms with Crippen molar-refractivity contribution in [3.05, 3.63) is 47.5 Å². The Balaban J connectivity index is 2.72. The minimum absolute atomic E-state index is 0.375. The van der Waals surface area contributed by atoms with Crippen molar-refractivity contribution < 1.29 is 23.8 Å². The van der Waals surface area contributed by atoms with E-state index in [4.69, 9.17) is 14.2 Å². The van der Waals surface area contributed by atoms with Crippen LogP contribution < -0.4 is 9.47 Å². The fourth-order valence-electron chi connectivity index (χ4n) is 2.23. The molecule has 0 bridgehead atoms. The van der Waals surface area contributed by atoms with Crippen LogP contribution in [0.15, 0.2) is 36.4 Å². The maximum Gasteiger partial charge on any atom is 0.338 e. The lowest BCUT2D eigenvalue weighted by atomic mass is 9.95. The van der Waals surface area contributed by atoms with Gasteiger partial charge in [-0.1, -0.05) is 18.2 Å². The van der Waals surface area contributed by atoms with Crippen LogP contribution in [-0.2, 0) is 4.74 Å². The second-order valence-corrected chi connectivity index (χ2v) is 4.45. The lowest BCUT2D eigenvalue weighted by Gasteiger charge is -2.14. The standard InChI is InChI=1S/C17H16O5/c1-20-15-8-11(10-18)14(9-16(15)21-2)12-6-4-5-7-13(12)17(19)22-3/h4-10H,1-3H3. The van der Waals surface area contributed by atoms with Crippen molar-refractivity contribution in [3.63, 3.8) is 0 Å². The number of hydrogen-bond acceptors (Lipinski definition) is 5. The molecule has 0 aliphatic rings. The number of carbonyl (C=O) groups excluding carboxylic acids is 2. The lowest BCUT2D eigenvalue weighted by molar-refractivity contribution is 0.0601. The monoisotopic (exact) mass is 300 g/mol. The Labute approximate surface area is 128 Å². The highest BCUT2D eigenvalue weighted by molar-refractivity contribution is 6.00. The van der Waals surface area contributed by atoms with Crippen LogP contribution in [0.5, 0.6) is 11.5 Å². The molecule has 0 radical (unpaired) electrons. The van der Waals surface area contributed by atoms with Gasteiger partial charge >= 0.3 is 5.97 Å². The van der Waals surface area contributed by atoms with E-state index in [1.807, 2.05) is 0 Å². The highest BCUT2D eigenvalue weighted by atomic mass is 16.5. The van der Waals surface area contributed by atoms with Gasteiger partial charge in [-0.25, -0.2) is 4.79 Å². The third kappa shape index (κ3) is 2.79. The Morgan fingerprint density at radius 2 is 1.59 bits per heavy atom. The first-order valence-corrected chi connectivity index (χ1v) is 6.55. The zero-order valence-electron chi connectivity index (χ0n) is 12.6. The van der Waals surface area contributed by atoms with Crippen LogP contribution in [0.1, 0.15) is 20.7 Å². The van der Waals surface area contributed by atoms with Gasteiger partial charge in [0, 0.05) is 5.56 Å². The minimum Gasteiger partial charge on any atom is -0.493 e. The number of methoxy groups -OCH3 is 3. The summed E-state index contributed by atoms with van der Waals surface area (Å²) < 4.78 is 15.3. The second kappa shape index (κ2) is 6.76. The van der Waals surface area contributed by atoms with Gasteiger partial charge < -0.3 is 14.2 Å². The Kier molecular flexibility index (Phi) is 4.78. The van der Waals surface area contributed by atoms with E-state index in [0.29, 0.717) is 40.0 Å². The van der Waals surface area contributed by atoms with Crippen molar-refractivity contribution >= 4 is 12.3 Å². The van der Waals surface area contributed by atoms with Crippen molar-refractivity contribution in [1.82, 2.24) is 0 Å². The SMILES string of the molecule is COC(=O)c1ccccc1-c1cc(OC)c(OC)cc1C=O. The van der Waals surface area contributed by atoms with Gasteiger partial charge in [0.05, 0.1) is 26.9 Å². The summed E-state index contributed by atoms with van der Waals surface area (Å²) in [4.78, 5) is 23.3. The van der Waals surface area contributed by atoms with Crippen LogP contribution in [0.4, 0.5) is 0 Å². The van der Waals surface area contributed by atoms with E-state index in [9.17, 15) is 9.59 Å². The molecular formula is C17H16O5. The summed E-state index contributed by atoms with van der Waals surface area (Å²) in [6.07, 6.45) is 0.714. The molecule has 0 aromatic heterocycles. The lowest BCUT2D eigenvalue weighted by Crippen LogP contribution is -2.04. The maximum atomic E-state index is 11.9. The van der Waals surface area contributed by atoms with Crippen LogP contribution in [0.3, 0.4) is 0 Å². The van der Waals surface area contributed by atoms with Gasteiger partial charge in [-0.3, -0.25) is 4.79 Å². The van der Waals surface area contributed by atoms with E-state index in [-0.39, 0.29) is 0 Å². The smallest absolute Gasteiger partial charge is 0.338 e. The summed E-state index contributed by atoms with van der Waals surface area (Å²) in [7, 11) is 4.32. The summed E-state index contributed by atoms with van der Waals surface area (Å²) in [6.45, 7) is 0. The van der Waals surface area contributed by atoms with E-state index < -0.39 is 5.97 Å². The molecule has 0 saturated heterocycles. The Hall–Kier alpha value is -2.82. The summed E-state index contributed by atoms with van der Waals surface area (Å²) >= 11 is 0. The van der Waals surface area contributed by atoms with Gasteiger partial charge in [-0.05, 0) is 29.3 Å². The Morgan fingerprint density at radius 1 is 0.955 bits per heavy atom. The van der Waals surface area contributed by atoms with Gasteiger partial charge in [0.25, 0.3) is 0 Å². The third-order valence-corrected chi connectivity index (χ3v) is 3.31. The van der Waals surface area contributed by atoms with Crippen LogP contribution in [0.2, 0.25) is 0 Å². The molecule has 0 spiro atoms. The Bertz CT molecular complexity index is 706. The molecule has 2 aromatic rings. The molecule has 0 aliphatic carbocycles. The summed E-state index contributed by atoms with van der Waals surface area (Å²) in [6, 6.07) is 10.2. The molecule has 0 saturated carbocycles. The zero-order valence-corrected chi connectivity index (χ0v) is 12.6. The average Bonchev–Trinajstić information content (AvgIpc) is 2.59. The van der Waals surface area contributed by atoms with Crippen molar-refractivity contribution in [1.29, 1.82) is 0 Å². The van der Waals surface area contributed by atoms with Crippen molar-refractivity contribution in [3.8, 4) is 22.6 Å². The molecule has 5 heteroatoms. The van der Waals surface area contributed by atoms with Gasteiger partial charge in [0.2, 0.25) is 0 Å². The molecule has 0 N–H and O–H groups in total. The van der Waals surface area contributed by atoms with E-state index in [1.54, 1.807) is 36.4 Å². The highest BCUT2D eigenvalue weighted by Gasteiger charge is 2.18.